The second-order valence-electron chi connectivity index (χ2n) is 5.78. The molecule has 26 heavy (non-hydrogen) atoms. The van der Waals surface area contributed by atoms with Crippen molar-refractivity contribution in [3.05, 3.63) is 53.0 Å². The van der Waals surface area contributed by atoms with E-state index in [0.29, 0.717) is 13.0 Å². The molecule has 0 saturated carbocycles. The average Bonchev–Trinajstić information content (AvgIpc) is 2.93. The molecule has 3 aromatic rings. The molecule has 0 spiro atoms. The van der Waals surface area contributed by atoms with Crippen LogP contribution in [0.15, 0.2) is 52.3 Å². The number of anilines is 3. The molecule has 0 fully saturated rings. The summed E-state index contributed by atoms with van der Waals surface area (Å²) in [6.45, 7) is 4.91. The van der Waals surface area contributed by atoms with Gasteiger partial charge in [0.15, 0.2) is 5.13 Å². The molecule has 136 valence electrons. The van der Waals surface area contributed by atoms with E-state index in [-0.39, 0.29) is 6.61 Å². The highest BCUT2D eigenvalue weighted by Gasteiger charge is 2.08. The third kappa shape index (κ3) is 5.20. The first-order valence-electron chi connectivity index (χ1n) is 8.45. The molecule has 0 aliphatic heterocycles. The van der Waals surface area contributed by atoms with Gasteiger partial charge >= 0.3 is 0 Å². The van der Waals surface area contributed by atoms with Crippen LogP contribution in [0.4, 0.5) is 16.8 Å². The SMILES string of the molecule is Cc1nc(Nc2cc(Sc3ccccc3)cc(NCCCO)n2)sc1C. The lowest BCUT2D eigenvalue weighted by Gasteiger charge is -2.11. The number of rotatable bonds is 8. The fraction of sp³-hybridized carbons (Fsp3) is 0.263. The zero-order chi connectivity index (χ0) is 18.4. The van der Waals surface area contributed by atoms with E-state index in [1.54, 1.807) is 23.1 Å². The van der Waals surface area contributed by atoms with Crippen molar-refractivity contribution in [2.75, 3.05) is 23.8 Å². The Hall–Kier alpha value is -2.09. The van der Waals surface area contributed by atoms with Crippen LogP contribution >= 0.6 is 23.1 Å². The molecule has 0 aliphatic carbocycles. The van der Waals surface area contributed by atoms with E-state index in [1.165, 1.54) is 9.77 Å². The van der Waals surface area contributed by atoms with Crippen LogP contribution in [0, 0.1) is 13.8 Å². The third-order valence-electron chi connectivity index (χ3n) is 3.68. The Kier molecular flexibility index (Phi) is 6.49. The van der Waals surface area contributed by atoms with Crippen molar-refractivity contribution >= 4 is 39.9 Å². The van der Waals surface area contributed by atoms with E-state index < -0.39 is 0 Å². The molecule has 7 heteroatoms. The summed E-state index contributed by atoms with van der Waals surface area (Å²) in [6.07, 6.45) is 0.686. The monoisotopic (exact) mass is 386 g/mol. The predicted molar refractivity (Wildman–Crippen MR) is 110 cm³/mol. The first kappa shape index (κ1) is 18.7. The maximum Gasteiger partial charge on any atom is 0.188 e. The number of thiazole rings is 1. The van der Waals surface area contributed by atoms with Gasteiger partial charge in [0.25, 0.3) is 0 Å². The largest absolute Gasteiger partial charge is 0.396 e. The van der Waals surface area contributed by atoms with Crippen LogP contribution in [-0.2, 0) is 0 Å². The van der Waals surface area contributed by atoms with Crippen molar-refractivity contribution in [2.45, 2.75) is 30.1 Å². The quantitative estimate of drug-likeness (QED) is 0.481. The van der Waals surface area contributed by atoms with Gasteiger partial charge in [-0.3, -0.25) is 0 Å². The Morgan fingerprint density at radius 1 is 1.04 bits per heavy atom. The minimum atomic E-state index is 0.161. The highest BCUT2D eigenvalue weighted by atomic mass is 32.2. The lowest BCUT2D eigenvalue weighted by molar-refractivity contribution is 0.292. The number of aliphatic hydroxyl groups is 1. The normalized spacial score (nSPS) is 10.7. The van der Waals surface area contributed by atoms with Gasteiger partial charge < -0.3 is 15.7 Å². The molecule has 0 saturated heterocycles. The average molecular weight is 387 g/mol. The highest BCUT2D eigenvalue weighted by Crippen LogP contribution is 2.32. The van der Waals surface area contributed by atoms with Gasteiger partial charge in [-0.2, -0.15) is 0 Å². The molecule has 3 rings (SSSR count). The second-order valence-corrected chi connectivity index (χ2v) is 8.13. The summed E-state index contributed by atoms with van der Waals surface area (Å²) in [5.74, 6) is 1.54. The standard InChI is InChI=1S/C19H22N4OS2/c1-13-14(2)25-19(21-13)23-18-12-16(26-15-7-4-3-5-8-15)11-17(22-18)20-9-6-10-24/h3-5,7-8,11-12,24H,6,9-10H2,1-2H3,(H2,20,21,22,23). The van der Waals surface area contributed by atoms with Crippen molar-refractivity contribution in [2.24, 2.45) is 0 Å². The summed E-state index contributed by atoms with van der Waals surface area (Å²) in [6, 6.07) is 14.3. The summed E-state index contributed by atoms with van der Waals surface area (Å²) in [5.41, 5.74) is 1.04. The van der Waals surface area contributed by atoms with E-state index in [0.717, 1.165) is 27.4 Å². The Bertz CT molecular complexity index is 833. The smallest absolute Gasteiger partial charge is 0.188 e. The Labute approximate surface area is 161 Å². The summed E-state index contributed by atoms with van der Waals surface area (Å²) in [7, 11) is 0. The third-order valence-corrected chi connectivity index (χ3v) is 5.65. The molecule has 5 nitrogen and oxygen atoms in total. The van der Waals surface area contributed by atoms with Crippen molar-refractivity contribution in [1.82, 2.24) is 9.97 Å². The number of aryl methyl sites for hydroxylation is 2. The maximum atomic E-state index is 8.99. The van der Waals surface area contributed by atoms with Crippen molar-refractivity contribution < 1.29 is 5.11 Å². The first-order valence-corrected chi connectivity index (χ1v) is 10.1. The Morgan fingerprint density at radius 2 is 1.81 bits per heavy atom. The van der Waals surface area contributed by atoms with Crippen LogP contribution in [0.2, 0.25) is 0 Å². The fourth-order valence-corrected chi connectivity index (χ4v) is 4.00. The number of nitrogens with one attached hydrogen (secondary N) is 2. The molecule has 2 heterocycles. The molecule has 0 bridgehead atoms. The zero-order valence-corrected chi connectivity index (χ0v) is 16.5. The molecule has 1 aromatic carbocycles. The molecule has 0 amide bonds. The van der Waals surface area contributed by atoms with E-state index in [4.69, 9.17) is 5.11 Å². The van der Waals surface area contributed by atoms with Gasteiger partial charge in [0, 0.05) is 27.8 Å². The fourth-order valence-electron chi connectivity index (χ4n) is 2.27. The molecular formula is C19H22N4OS2. The van der Waals surface area contributed by atoms with Crippen LogP contribution in [0.5, 0.6) is 0 Å². The van der Waals surface area contributed by atoms with Crippen molar-refractivity contribution in [1.29, 1.82) is 0 Å². The Morgan fingerprint density at radius 3 is 2.50 bits per heavy atom. The van der Waals surface area contributed by atoms with Crippen LogP contribution in [0.1, 0.15) is 17.0 Å². The van der Waals surface area contributed by atoms with E-state index >= 15 is 0 Å². The van der Waals surface area contributed by atoms with Crippen LogP contribution < -0.4 is 10.6 Å². The van der Waals surface area contributed by atoms with Gasteiger partial charge in [-0.15, -0.1) is 11.3 Å². The number of aliphatic hydroxyl groups excluding tert-OH is 1. The van der Waals surface area contributed by atoms with Gasteiger partial charge in [-0.1, -0.05) is 30.0 Å². The van der Waals surface area contributed by atoms with Crippen LogP contribution in [0.3, 0.4) is 0 Å². The lowest BCUT2D eigenvalue weighted by Crippen LogP contribution is -2.06. The summed E-state index contributed by atoms with van der Waals surface area (Å²) in [4.78, 5) is 12.6. The summed E-state index contributed by atoms with van der Waals surface area (Å²) >= 11 is 3.31. The minimum Gasteiger partial charge on any atom is -0.396 e. The zero-order valence-electron chi connectivity index (χ0n) is 14.8. The highest BCUT2D eigenvalue weighted by molar-refractivity contribution is 7.99. The predicted octanol–water partition coefficient (Wildman–Crippen LogP) is 4.84. The topological polar surface area (TPSA) is 70.1 Å². The second kappa shape index (κ2) is 9.02. The number of pyridine rings is 1. The number of hydrogen-bond donors (Lipinski definition) is 3. The van der Waals surface area contributed by atoms with Gasteiger partial charge in [-0.25, -0.2) is 9.97 Å². The number of aromatic nitrogens is 2. The molecule has 3 N–H and O–H groups in total. The van der Waals surface area contributed by atoms with Gasteiger partial charge in [-0.05, 0) is 44.5 Å². The number of benzene rings is 1. The van der Waals surface area contributed by atoms with Gasteiger partial charge in [0.1, 0.15) is 11.6 Å². The van der Waals surface area contributed by atoms with Crippen molar-refractivity contribution in [3.63, 3.8) is 0 Å². The molecule has 0 aliphatic rings. The molecule has 0 radical (unpaired) electrons. The number of hydrogen-bond acceptors (Lipinski definition) is 7. The number of nitrogens with zero attached hydrogens (tertiary/aromatic N) is 2. The Balaban J connectivity index is 1.83. The van der Waals surface area contributed by atoms with E-state index in [2.05, 4.69) is 39.7 Å². The molecule has 2 aromatic heterocycles. The lowest BCUT2D eigenvalue weighted by atomic mass is 10.4. The minimum absolute atomic E-state index is 0.161. The summed E-state index contributed by atoms with van der Waals surface area (Å²) in [5, 5.41) is 16.4. The van der Waals surface area contributed by atoms with Gasteiger partial charge in [0.2, 0.25) is 0 Å². The van der Waals surface area contributed by atoms with Crippen molar-refractivity contribution in [3.8, 4) is 0 Å². The molecular weight excluding hydrogens is 364 g/mol. The van der Waals surface area contributed by atoms with Crippen LogP contribution in [-0.4, -0.2) is 28.2 Å². The van der Waals surface area contributed by atoms with E-state index in [9.17, 15) is 0 Å². The first-order chi connectivity index (χ1) is 12.6. The van der Waals surface area contributed by atoms with Crippen LogP contribution in [0.25, 0.3) is 0 Å². The summed E-state index contributed by atoms with van der Waals surface area (Å²) < 4.78 is 0. The van der Waals surface area contributed by atoms with E-state index in [1.807, 2.05) is 37.3 Å². The molecule has 0 unspecified atom stereocenters. The molecule has 0 atom stereocenters. The maximum absolute atomic E-state index is 8.99. The van der Waals surface area contributed by atoms with Gasteiger partial charge in [0.05, 0.1) is 5.69 Å².